The molecular weight excluding hydrogens is 320 g/mol. The Bertz CT molecular complexity index is 1020. The fourth-order valence-electron chi connectivity index (χ4n) is 3.11. The van der Waals surface area contributed by atoms with E-state index in [-0.39, 0.29) is 11.2 Å². The van der Waals surface area contributed by atoms with Crippen molar-refractivity contribution in [1.29, 1.82) is 0 Å². The molecule has 3 heterocycles. The molecule has 8 nitrogen and oxygen atoms in total. The minimum atomic E-state index is -0.313. The normalized spacial score (nSPS) is 11.5. The summed E-state index contributed by atoms with van der Waals surface area (Å²) in [7, 11) is 0. The van der Waals surface area contributed by atoms with Crippen LogP contribution in [0.1, 0.15) is 39.3 Å². The van der Waals surface area contributed by atoms with Crippen LogP contribution in [0, 0.1) is 6.92 Å². The van der Waals surface area contributed by atoms with E-state index in [2.05, 4.69) is 15.1 Å². The second kappa shape index (κ2) is 6.70. The molecule has 3 aromatic heterocycles. The van der Waals surface area contributed by atoms with E-state index >= 15 is 0 Å². The van der Waals surface area contributed by atoms with Crippen LogP contribution in [0.25, 0.3) is 22.7 Å². The first-order chi connectivity index (χ1) is 12.0. The molecule has 8 heteroatoms. The molecule has 0 bridgehead atoms. The molecule has 0 fully saturated rings. The number of H-pyrrole nitrogens is 1. The van der Waals surface area contributed by atoms with Crippen molar-refractivity contribution >= 4 is 11.2 Å². The molecule has 0 aromatic carbocycles. The number of hydrogen-bond acceptors (Lipinski definition) is 4. The van der Waals surface area contributed by atoms with Crippen molar-refractivity contribution in [2.75, 3.05) is 0 Å². The minimum absolute atomic E-state index is 0.292. The van der Waals surface area contributed by atoms with Crippen LogP contribution in [0.3, 0.4) is 0 Å². The molecule has 0 radical (unpaired) electrons. The van der Waals surface area contributed by atoms with Crippen molar-refractivity contribution in [1.82, 2.24) is 28.9 Å². The number of fused-ring (bicyclic) bond motifs is 1. The van der Waals surface area contributed by atoms with Gasteiger partial charge in [-0.3, -0.25) is 18.6 Å². The Labute approximate surface area is 145 Å². The zero-order valence-electron chi connectivity index (χ0n) is 15.2. The molecule has 0 amide bonds. The third-order valence-electron chi connectivity index (χ3n) is 4.20. The van der Waals surface area contributed by atoms with Crippen molar-refractivity contribution in [2.45, 2.75) is 60.2 Å². The van der Waals surface area contributed by atoms with Crippen LogP contribution in [-0.2, 0) is 19.6 Å². The Balaban J connectivity index is 2.32. The molecule has 3 rings (SSSR count). The number of nitrogens with one attached hydrogen (secondary N) is 1. The van der Waals surface area contributed by atoms with Gasteiger partial charge in [0.15, 0.2) is 11.5 Å². The highest BCUT2D eigenvalue weighted by molar-refractivity contribution is 5.74. The largest absolute Gasteiger partial charge is 0.332 e. The van der Waals surface area contributed by atoms with Crippen molar-refractivity contribution in [3.05, 3.63) is 32.6 Å². The molecule has 25 heavy (non-hydrogen) atoms. The molecule has 0 spiro atoms. The molecule has 0 aliphatic carbocycles. The van der Waals surface area contributed by atoms with Crippen LogP contribution in [0.4, 0.5) is 0 Å². The number of hydrogen-bond donors (Lipinski definition) is 1. The zero-order valence-corrected chi connectivity index (χ0v) is 15.2. The Morgan fingerprint density at radius 1 is 1.08 bits per heavy atom. The maximum absolute atomic E-state index is 12.8. The number of aromatic amines is 1. The van der Waals surface area contributed by atoms with E-state index in [1.54, 1.807) is 4.57 Å². The summed E-state index contributed by atoms with van der Waals surface area (Å²) in [6, 6.07) is 1.92. The molecule has 1 N–H and O–H groups in total. The summed E-state index contributed by atoms with van der Waals surface area (Å²) in [6.07, 6.45) is 1.50. The van der Waals surface area contributed by atoms with E-state index in [1.807, 2.05) is 38.4 Å². The fourth-order valence-corrected chi connectivity index (χ4v) is 3.11. The van der Waals surface area contributed by atoms with Gasteiger partial charge in [-0.15, -0.1) is 0 Å². The van der Waals surface area contributed by atoms with Gasteiger partial charge in [-0.2, -0.15) is 5.10 Å². The summed E-state index contributed by atoms with van der Waals surface area (Å²) >= 11 is 0. The number of aromatic nitrogens is 6. The lowest BCUT2D eigenvalue weighted by Gasteiger charge is -2.09. The van der Waals surface area contributed by atoms with Gasteiger partial charge in [-0.25, -0.2) is 9.78 Å². The number of nitrogens with zero attached hydrogens (tertiary/aromatic N) is 5. The van der Waals surface area contributed by atoms with Crippen molar-refractivity contribution in [3.63, 3.8) is 0 Å². The van der Waals surface area contributed by atoms with Crippen molar-refractivity contribution < 1.29 is 0 Å². The molecule has 0 unspecified atom stereocenters. The monoisotopic (exact) mass is 344 g/mol. The van der Waals surface area contributed by atoms with Crippen LogP contribution < -0.4 is 11.2 Å². The lowest BCUT2D eigenvalue weighted by molar-refractivity contribution is 0.555. The minimum Gasteiger partial charge on any atom is -0.331 e. The highest BCUT2D eigenvalue weighted by Gasteiger charge is 2.19. The third kappa shape index (κ3) is 2.81. The van der Waals surface area contributed by atoms with Gasteiger partial charge in [0.2, 0.25) is 0 Å². The maximum atomic E-state index is 12.8. The predicted molar refractivity (Wildman–Crippen MR) is 96.8 cm³/mol. The quantitative estimate of drug-likeness (QED) is 0.739. The van der Waals surface area contributed by atoms with Crippen LogP contribution in [-0.4, -0.2) is 28.9 Å². The predicted octanol–water partition coefficient (Wildman–Crippen LogP) is 1.90. The molecule has 134 valence electrons. The van der Waals surface area contributed by atoms with E-state index in [4.69, 9.17) is 0 Å². The molecule has 0 atom stereocenters. The van der Waals surface area contributed by atoms with Gasteiger partial charge in [-0.05, 0) is 32.8 Å². The highest BCUT2D eigenvalue weighted by Crippen LogP contribution is 2.19. The lowest BCUT2D eigenvalue weighted by Crippen LogP contribution is -2.40. The van der Waals surface area contributed by atoms with Gasteiger partial charge < -0.3 is 4.98 Å². The molecule has 0 aliphatic rings. The molecule has 0 aliphatic heterocycles. The summed E-state index contributed by atoms with van der Waals surface area (Å²) in [5.41, 5.74) is 1.88. The topological polar surface area (TPSA) is 90.5 Å². The Kier molecular flexibility index (Phi) is 4.61. The first-order valence-corrected chi connectivity index (χ1v) is 8.79. The van der Waals surface area contributed by atoms with Crippen molar-refractivity contribution in [3.8, 4) is 11.5 Å². The highest BCUT2D eigenvalue weighted by atomic mass is 16.2. The average molecular weight is 344 g/mol. The van der Waals surface area contributed by atoms with Crippen molar-refractivity contribution in [2.24, 2.45) is 0 Å². The summed E-state index contributed by atoms with van der Waals surface area (Å²) < 4.78 is 4.72. The summed E-state index contributed by atoms with van der Waals surface area (Å²) in [4.78, 5) is 33.2. The maximum Gasteiger partial charge on any atom is 0.332 e. The summed E-state index contributed by atoms with van der Waals surface area (Å²) in [5, 5.41) is 4.43. The van der Waals surface area contributed by atoms with Gasteiger partial charge in [0.25, 0.3) is 5.56 Å². The van der Waals surface area contributed by atoms with E-state index in [9.17, 15) is 9.59 Å². The average Bonchev–Trinajstić information content (AvgIpc) is 3.19. The SMILES string of the molecule is CCCn1c(=O)c2[nH]c(-c3cc(C)nn3CC)nc2n(CCC)c1=O. The molecule has 0 saturated carbocycles. The molecule has 0 saturated heterocycles. The van der Waals surface area contributed by atoms with Gasteiger partial charge in [0, 0.05) is 19.6 Å². The van der Waals surface area contributed by atoms with Gasteiger partial charge in [0.1, 0.15) is 11.2 Å². The van der Waals surface area contributed by atoms with E-state index in [1.165, 1.54) is 4.57 Å². The van der Waals surface area contributed by atoms with E-state index in [0.717, 1.165) is 24.2 Å². The second-order valence-electron chi connectivity index (χ2n) is 6.16. The first-order valence-electron chi connectivity index (χ1n) is 8.79. The fraction of sp³-hybridized carbons (Fsp3) is 0.529. The van der Waals surface area contributed by atoms with Crippen LogP contribution in [0.15, 0.2) is 15.7 Å². The smallest absolute Gasteiger partial charge is 0.331 e. The second-order valence-corrected chi connectivity index (χ2v) is 6.16. The Hall–Kier alpha value is -2.64. The van der Waals surface area contributed by atoms with Gasteiger partial charge >= 0.3 is 5.69 Å². The van der Waals surface area contributed by atoms with Gasteiger partial charge in [0.05, 0.1) is 5.69 Å². The summed E-state index contributed by atoms with van der Waals surface area (Å²) in [6.45, 7) is 9.48. The summed E-state index contributed by atoms with van der Waals surface area (Å²) in [5.74, 6) is 0.563. The number of aryl methyl sites for hydroxylation is 3. The lowest BCUT2D eigenvalue weighted by atomic mass is 10.3. The molecular formula is C17H24N6O2. The van der Waals surface area contributed by atoms with Crippen LogP contribution >= 0.6 is 0 Å². The van der Waals surface area contributed by atoms with E-state index < -0.39 is 0 Å². The third-order valence-corrected chi connectivity index (χ3v) is 4.20. The molecule has 3 aromatic rings. The van der Waals surface area contributed by atoms with E-state index in [0.29, 0.717) is 36.6 Å². The zero-order chi connectivity index (χ0) is 18.1. The Morgan fingerprint density at radius 2 is 1.76 bits per heavy atom. The standard InChI is InChI=1S/C17H24N6O2/c1-5-8-21-15-13(16(24)22(9-6-2)17(21)25)18-14(19-15)12-10-11(4)20-23(12)7-3/h10H,5-9H2,1-4H3,(H,18,19). The Morgan fingerprint density at radius 3 is 2.40 bits per heavy atom. The van der Waals surface area contributed by atoms with Crippen LogP contribution in [0.2, 0.25) is 0 Å². The van der Waals surface area contributed by atoms with Gasteiger partial charge in [-0.1, -0.05) is 13.8 Å². The number of imidazole rings is 1. The van der Waals surface area contributed by atoms with Crippen LogP contribution in [0.5, 0.6) is 0 Å². The first kappa shape index (κ1) is 17.2. The number of rotatable bonds is 6.